The van der Waals surface area contributed by atoms with Crippen molar-refractivity contribution < 1.29 is 44.4 Å². The van der Waals surface area contributed by atoms with Crippen molar-refractivity contribution in [2.24, 2.45) is 11.5 Å². The molecule has 0 bridgehead atoms. The molecule has 0 saturated carbocycles. The fourth-order valence-electron chi connectivity index (χ4n) is 2.15. The fourth-order valence-corrected chi connectivity index (χ4v) is 2.15. The molecule has 6 unspecified atom stereocenters. The molecule has 0 aromatic heterocycles. The molecule has 0 aliphatic heterocycles. The third-order valence-electron chi connectivity index (χ3n) is 3.99. The van der Waals surface area contributed by atoms with E-state index in [-0.39, 0.29) is 12.8 Å². The van der Waals surface area contributed by atoms with Crippen LogP contribution < -0.4 is 27.4 Å². The summed E-state index contributed by atoms with van der Waals surface area (Å²) >= 11 is 0. The summed E-state index contributed by atoms with van der Waals surface area (Å²) in [4.78, 5) is 58.8. The van der Waals surface area contributed by atoms with Crippen molar-refractivity contribution in [3.8, 4) is 0 Å². The monoisotopic (exact) mass is 435 g/mol. The molecule has 6 atom stereocenters. The average Bonchev–Trinajstić information content (AvgIpc) is 2.65. The highest BCUT2D eigenvalue weighted by molar-refractivity contribution is 5.94. The summed E-state index contributed by atoms with van der Waals surface area (Å²) in [6.45, 7) is 1.48. The lowest BCUT2D eigenvalue weighted by Gasteiger charge is -2.26. The highest BCUT2D eigenvalue weighted by atomic mass is 16.4. The lowest BCUT2D eigenvalue weighted by molar-refractivity contribution is -0.143. The van der Waals surface area contributed by atoms with Crippen LogP contribution in [0.3, 0.4) is 0 Å². The van der Waals surface area contributed by atoms with E-state index in [0.29, 0.717) is 0 Å². The molecule has 14 nitrogen and oxygen atoms in total. The Labute approximate surface area is 172 Å². The van der Waals surface area contributed by atoms with E-state index < -0.39 is 72.6 Å². The molecule has 0 radical (unpaired) electrons. The van der Waals surface area contributed by atoms with Gasteiger partial charge in [-0.15, -0.1) is 0 Å². The summed E-state index contributed by atoms with van der Waals surface area (Å²) in [5, 5.41) is 43.4. The van der Waals surface area contributed by atoms with E-state index in [9.17, 15) is 34.2 Å². The standard InChI is InChI=1S/C16H29N5O9/c1-6(23)11(18)14(27)21-12(7(2)24)15(28)19-8(3-4-10(17)25)13(26)20-9(5-22)16(29)30/h6-9,11-12,22-24H,3-5,18H2,1-2H3,(H2,17,25)(H,19,28)(H,20,26)(H,21,27)(H,29,30). The van der Waals surface area contributed by atoms with Crippen molar-refractivity contribution in [3.63, 3.8) is 0 Å². The minimum absolute atomic E-state index is 0.321. The Hall–Kier alpha value is -2.81. The van der Waals surface area contributed by atoms with Gasteiger partial charge in [0.2, 0.25) is 23.6 Å². The average molecular weight is 435 g/mol. The highest BCUT2D eigenvalue weighted by Crippen LogP contribution is 2.03. The summed E-state index contributed by atoms with van der Waals surface area (Å²) in [7, 11) is 0. The van der Waals surface area contributed by atoms with E-state index in [4.69, 9.17) is 21.7 Å². The van der Waals surface area contributed by atoms with Gasteiger partial charge in [0.15, 0.2) is 0 Å². The summed E-state index contributed by atoms with van der Waals surface area (Å²) in [5.41, 5.74) is 10.5. The van der Waals surface area contributed by atoms with E-state index in [0.717, 1.165) is 0 Å². The van der Waals surface area contributed by atoms with Gasteiger partial charge in [0.25, 0.3) is 0 Å². The van der Waals surface area contributed by atoms with Crippen LogP contribution in [-0.4, -0.2) is 93.0 Å². The number of rotatable bonds is 13. The molecule has 0 aromatic carbocycles. The largest absolute Gasteiger partial charge is 0.480 e. The zero-order valence-corrected chi connectivity index (χ0v) is 16.6. The Kier molecular flexibility index (Phi) is 11.5. The first kappa shape index (κ1) is 27.2. The van der Waals surface area contributed by atoms with E-state index in [1.54, 1.807) is 0 Å². The van der Waals surface area contributed by atoms with Crippen molar-refractivity contribution >= 4 is 29.6 Å². The molecule has 0 aliphatic rings. The van der Waals surface area contributed by atoms with Gasteiger partial charge in [0.1, 0.15) is 24.2 Å². The highest BCUT2D eigenvalue weighted by Gasteiger charge is 2.33. The second-order valence-electron chi connectivity index (χ2n) is 6.64. The predicted molar refractivity (Wildman–Crippen MR) is 100 cm³/mol. The number of carbonyl (C=O) groups is 5. The first-order valence-corrected chi connectivity index (χ1v) is 8.96. The van der Waals surface area contributed by atoms with Crippen molar-refractivity contribution in [3.05, 3.63) is 0 Å². The van der Waals surface area contributed by atoms with Crippen molar-refractivity contribution in [2.45, 2.75) is 63.1 Å². The number of aliphatic hydroxyl groups excluding tert-OH is 3. The SMILES string of the molecule is CC(O)C(N)C(=O)NC(C(=O)NC(CCC(N)=O)C(=O)NC(CO)C(=O)O)C(C)O. The molecule has 0 spiro atoms. The van der Waals surface area contributed by atoms with Crippen LogP contribution in [-0.2, 0) is 24.0 Å². The number of carbonyl (C=O) groups excluding carboxylic acids is 4. The van der Waals surface area contributed by atoms with Gasteiger partial charge in [-0.2, -0.15) is 0 Å². The maximum Gasteiger partial charge on any atom is 0.328 e. The summed E-state index contributed by atoms with van der Waals surface area (Å²) in [5.74, 6) is -5.37. The zero-order valence-electron chi connectivity index (χ0n) is 16.6. The molecule has 14 heteroatoms. The Balaban J connectivity index is 5.42. The van der Waals surface area contributed by atoms with Gasteiger partial charge in [-0.3, -0.25) is 19.2 Å². The van der Waals surface area contributed by atoms with Crippen LogP contribution in [0.4, 0.5) is 0 Å². The first-order chi connectivity index (χ1) is 13.8. The number of amides is 4. The minimum atomic E-state index is -1.67. The second kappa shape index (κ2) is 12.7. The zero-order chi connectivity index (χ0) is 23.6. The van der Waals surface area contributed by atoms with Gasteiger partial charge < -0.3 is 47.8 Å². The number of carboxylic acid groups (broad SMARTS) is 1. The fraction of sp³-hybridized carbons (Fsp3) is 0.688. The van der Waals surface area contributed by atoms with Gasteiger partial charge in [-0.1, -0.05) is 0 Å². The van der Waals surface area contributed by atoms with E-state index >= 15 is 0 Å². The Morgan fingerprint density at radius 2 is 1.40 bits per heavy atom. The molecule has 0 aliphatic carbocycles. The summed E-state index contributed by atoms with van der Waals surface area (Å²) < 4.78 is 0. The number of primary amides is 1. The van der Waals surface area contributed by atoms with Crippen LogP contribution in [0.1, 0.15) is 26.7 Å². The third kappa shape index (κ3) is 9.13. The summed E-state index contributed by atoms with van der Waals surface area (Å²) in [6, 6.07) is -6.11. The Bertz CT molecular complexity index is 641. The van der Waals surface area contributed by atoms with Gasteiger partial charge in [-0.25, -0.2) is 4.79 Å². The lowest BCUT2D eigenvalue weighted by atomic mass is 10.1. The van der Waals surface area contributed by atoms with Crippen LogP contribution in [0.5, 0.6) is 0 Å². The molecule has 172 valence electrons. The van der Waals surface area contributed by atoms with Gasteiger partial charge >= 0.3 is 5.97 Å². The Morgan fingerprint density at radius 1 is 0.867 bits per heavy atom. The van der Waals surface area contributed by atoms with Crippen molar-refractivity contribution in [2.75, 3.05) is 6.61 Å². The molecule has 0 aromatic rings. The topological polar surface area (TPSA) is 254 Å². The molecule has 0 rings (SSSR count). The van der Waals surface area contributed by atoms with Crippen LogP contribution in [0.2, 0.25) is 0 Å². The van der Waals surface area contributed by atoms with Gasteiger partial charge in [0, 0.05) is 6.42 Å². The number of hydrogen-bond acceptors (Lipinski definition) is 9. The first-order valence-electron chi connectivity index (χ1n) is 8.96. The number of aliphatic hydroxyl groups is 3. The van der Waals surface area contributed by atoms with E-state index in [1.165, 1.54) is 13.8 Å². The molecule has 11 N–H and O–H groups in total. The molecule has 0 saturated heterocycles. The van der Waals surface area contributed by atoms with Crippen LogP contribution in [0.15, 0.2) is 0 Å². The number of hydrogen-bond donors (Lipinski definition) is 9. The predicted octanol–water partition coefficient (Wildman–Crippen LogP) is -5.13. The molecular weight excluding hydrogens is 406 g/mol. The lowest BCUT2D eigenvalue weighted by Crippen LogP contribution is -2.60. The van der Waals surface area contributed by atoms with Crippen molar-refractivity contribution in [1.29, 1.82) is 0 Å². The van der Waals surface area contributed by atoms with E-state index in [2.05, 4.69) is 10.6 Å². The number of carboxylic acids is 1. The van der Waals surface area contributed by atoms with Gasteiger partial charge in [-0.05, 0) is 20.3 Å². The summed E-state index contributed by atoms with van der Waals surface area (Å²) in [6.07, 6.45) is -3.37. The van der Waals surface area contributed by atoms with Gasteiger partial charge in [0.05, 0.1) is 18.8 Å². The molecular formula is C16H29N5O9. The smallest absolute Gasteiger partial charge is 0.328 e. The second-order valence-corrected chi connectivity index (χ2v) is 6.64. The Morgan fingerprint density at radius 3 is 1.80 bits per heavy atom. The number of aliphatic carboxylic acids is 1. The molecule has 0 fully saturated rings. The number of nitrogens with two attached hydrogens (primary N) is 2. The third-order valence-corrected chi connectivity index (χ3v) is 3.99. The molecule has 0 heterocycles. The molecule has 4 amide bonds. The maximum absolute atomic E-state index is 12.5. The quantitative estimate of drug-likeness (QED) is 0.133. The maximum atomic E-state index is 12.5. The van der Waals surface area contributed by atoms with Crippen LogP contribution in [0, 0.1) is 0 Å². The number of nitrogens with one attached hydrogen (secondary N) is 3. The minimum Gasteiger partial charge on any atom is -0.480 e. The van der Waals surface area contributed by atoms with Crippen molar-refractivity contribution in [1.82, 2.24) is 16.0 Å². The van der Waals surface area contributed by atoms with E-state index in [1.807, 2.05) is 5.32 Å². The van der Waals surface area contributed by atoms with Crippen LogP contribution >= 0.6 is 0 Å². The van der Waals surface area contributed by atoms with Crippen LogP contribution in [0.25, 0.3) is 0 Å². The normalized spacial score (nSPS) is 16.9. The molecule has 30 heavy (non-hydrogen) atoms.